The van der Waals surface area contributed by atoms with Gasteiger partial charge in [-0.3, -0.25) is 4.79 Å². The number of carbonyl (C=O) groups is 1. The van der Waals surface area contributed by atoms with Crippen molar-refractivity contribution in [3.8, 4) is 11.4 Å². The highest BCUT2D eigenvalue weighted by Crippen LogP contribution is 2.22. The third-order valence-electron chi connectivity index (χ3n) is 4.27. The summed E-state index contributed by atoms with van der Waals surface area (Å²) in [5.41, 5.74) is 1.03. The van der Waals surface area contributed by atoms with Gasteiger partial charge in [0.1, 0.15) is 11.6 Å². The molecular formula is C19H18N4O2. The molecule has 6 heteroatoms. The van der Waals surface area contributed by atoms with E-state index >= 15 is 0 Å². The summed E-state index contributed by atoms with van der Waals surface area (Å²) in [4.78, 5) is 12.1. The topological polar surface area (TPSA) is 73.0 Å². The molecule has 0 saturated carbocycles. The number of hydrogen-bond donors (Lipinski definition) is 1. The first-order valence-electron chi connectivity index (χ1n) is 8.29. The SMILES string of the molecule is O=C(C=Cc1ccco1)NC1CCc2nnc(-c3ccccc3)n2C1. The van der Waals surface area contributed by atoms with Crippen LogP contribution in [-0.2, 0) is 17.8 Å². The van der Waals surface area contributed by atoms with Crippen molar-refractivity contribution < 1.29 is 9.21 Å². The van der Waals surface area contributed by atoms with E-state index in [1.54, 1.807) is 24.5 Å². The van der Waals surface area contributed by atoms with Crippen LogP contribution in [0.3, 0.4) is 0 Å². The van der Waals surface area contributed by atoms with Gasteiger partial charge in [-0.15, -0.1) is 10.2 Å². The minimum atomic E-state index is -0.126. The number of hydrogen-bond acceptors (Lipinski definition) is 4. The molecule has 0 bridgehead atoms. The van der Waals surface area contributed by atoms with Crippen LogP contribution >= 0.6 is 0 Å². The van der Waals surface area contributed by atoms with Crippen LogP contribution in [0.1, 0.15) is 18.0 Å². The summed E-state index contributed by atoms with van der Waals surface area (Å²) < 4.78 is 7.28. The van der Waals surface area contributed by atoms with Crippen LogP contribution in [0.5, 0.6) is 0 Å². The van der Waals surface area contributed by atoms with E-state index in [0.29, 0.717) is 12.3 Å². The van der Waals surface area contributed by atoms with Crippen LogP contribution in [0.15, 0.2) is 59.2 Å². The van der Waals surface area contributed by atoms with Gasteiger partial charge in [0.25, 0.3) is 0 Å². The van der Waals surface area contributed by atoms with Gasteiger partial charge in [0, 0.05) is 30.6 Å². The number of carbonyl (C=O) groups excluding carboxylic acids is 1. The monoisotopic (exact) mass is 334 g/mol. The van der Waals surface area contributed by atoms with Gasteiger partial charge in [-0.2, -0.15) is 0 Å². The molecule has 25 heavy (non-hydrogen) atoms. The lowest BCUT2D eigenvalue weighted by atomic mass is 10.1. The van der Waals surface area contributed by atoms with E-state index in [4.69, 9.17) is 4.42 Å². The largest absolute Gasteiger partial charge is 0.465 e. The summed E-state index contributed by atoms with van der Waals surface area (Å²) in [6.07, 6.45) is 6.40. The molecule has 0 aliphatic carbocycles. The normalized spacial score (nSPS) is 16.7. The Hall–Kier alpha value is -3.15. The molecular weight excluding hydrogens is 316 g/mol. The maximum atomic E-state index is 12.1. The number of rotatable bonds is 4. The Bertz CT molecular complexity index is 882. The Morgan fingerprint density at radius 3 is 2.88 bits per heavy atom. The number of aryl methyl sites for hydroxylation is 1. The second-order valence-corrected chi connectivity index (χ2v) is 6.01. The predicted molar refractivity (Wildman–Crippen MR) is 93.5 cm³/mol. The van der Waals surface area contributed by atoms with Crippen molar-refractivity contribution in [2.24, 2.45) is 0 Å². The lowest BCUT2D eigenvalue weighted by Gasteiger charge is -2.24. The van der Waals surface area contributed by atoms with Crippen molar-refractivity contribution >= 4 is 12.0 Å². The van der Waals surface area contributed by atoms with Crippen LogP contribution in [-0.4, -0.2) is 26.7 Å². The fourth-order valence-corrected chi connectivity index (χ4v) is 3.04. The number of furan rings is 1. The second-order valence-electron chi connectivity index (χ2n) is 6.01. The molecule has 1 amide bonds. The standard InChI is InChI=1S/C19H18N4O2/c24-18(11-9-16-7-4-12-25-16)20-15-8-10-17-21-22-19(23(17)13-15)14-5-2-1-3-6-14/h1-7,9,11-12,15H,8,10,13H2,(H,20,24). The van der Waals surface area contributed by atoms with Gasteiger partial charge in [0.15, 0.2) is 5.82 Å². The molecule has 0 spiro atoms. The molecule has 6 nitrogen and oxygen atoms in total. The molecule has 1 aromatic carbocycles. The van der Waals surface area contributed by atoms with E-state index in [1.807, 2.05) is 30.3 Å². The Kier molecular flexibility index (Phi) is 4.16. The summed E-state index contributed by atoms with van der Waals surface area (Å²) in [5, 5.41) is 11.7. The van der Waals surface area contributed by atoms with E-state index < -0.39 is 0 Å². The second kappa shape index (κ2) is 6.76. The van der Waals surface area contributed by atoms with Gasteiger partial charge >= 0.3 is 0 Å². The zero-order valence-corrected chi connectivity index (χ0v) is 13.6. The average molecular weight is 334 g/mol. The molecule has 4 rings (SSSR count). The van der Waals surface area contributed by atoms with E-state index in [1.165, 1.54) is 6.08 Å². The third kappa shape index (κ3) is 3.38. The fraction of sp³-hybridized carbons (Fsp3) is 0.211. The molecule has 0 saturated heterocycles. The summed E-state index contributed by atoms with van der Waals surface area (Å²) >= 11 is 0. The Morgan fingerprint density at radius 1 is 1.20 bits per heavy atom. The van der Waals surface area contributed by atoms with Crippen LogP contribution in [0.4, 0.5) is 0 Å². The van der Waals surface area contributed by atoms with Crippen molar-refractivity contribution in [3.63, 3.8) is 0 Å². The van der Waals surface area contributed by atoms with Gasteiger partial charge in [-0.05, 0) is 24.6 Å². The lowest BCUT2D eigenvalue weighted by Crippen LogP contribution is -2.40. The molecule has 0 radical (unpaired) electrons. The molecule has 1 aliphatic heterocycles. The summed E-state index contributed by atoms with van der Waals surface area (Å²) in [6, 6.07) is 13.6. The van der Waals surface area contributed by atoms with E-state index in [-0.39, 0.29) is 11.9 Å². The number of amides is 1. The van der Waals surface area contributed by atoms with Crippen molar-refractivity contribution in [1.29, 1.82) is 0 Å². The average Bonchev–Trinajstić information content (AvgIpc) is 3.30. The molecule has 0 fully saturated rings. The van der Waals surface area contributed by atoms with E-state index in [0.717, 1.165) is 30.1 Å². The molecule has 3 aromatic rings. The molecule has 1 unspecified atom stereocenters. The highest BCUT2D eigenvalue weighted by Gasteiger charge is 2.24. The van der Waals surface area contributed by atoms with Gasteiger partial charge < -0.3 is 14.3 Å². The van der Waals surface area contributed by atoms with Crippen LogP contribution < -0.4 is 5.32 Å². The van der Waals surface area contributed by atoms with Gasteiger partial charge in [-0.1, -0.05) is 30.3 Å². The Morgan fingerprint density at radius 2 is 2.08 bits per heavy atom. The van der Waals surface area contributed by atoms with E-state index in [2.05, 4.69) is 20.1 Å². The van der Waals surface area contributed by atoms with Gasteiger partial charge in [0.05, 0.1) is 6.26 Å². The first-order valence-corrected chi connectivity index (χ1v) is 8.29. The Labute approximate surface area is 145 Å². The lowest BCUT2D eigenvalue weighted by molar-refractivity contribution is -0.117. The van der Waals surface area contributed by atoms with Crippen molar-refractivity contribution in [2.75, 3.05) is 0 Å². The molecule has 1 atom stereocenters. The molecule has 126 valence electrons. The predicted octanol–water partition coefficient (Wildman–Crippen LogP) is 2.68. The van der Waals surface area contributed by atoms with Crippen LogP contribution in [0.2, 0.25) is 0 Å². The molecule has 3 heterocycles. The number of benzene rings is 1. The zero-order chi connectivity index (χ0) is 17.1. The molecule has 1 N–H and O–H groups in total. The maximum absolute atomic E-state index is 12.1. The summed E-state index contributed by atoms with van der Waals surface area (Å²) in [5.74, 6) is 2.35. The highest BCUT2D eigenvalue weighted by atomic mass is 16.3. The van der Waals surface area contributed by atoms with Crippen molar-refractivity contribution in [2.45, 2.75) is 25.4 Å². The Balaban J connectivity index is 1.46. The van der Waals surface area contributed by atoms with Gasteiger partial charge in [0.2, 0.25) is 5.91 Å². The number of nitrogens with zero attached hydrogens (tertiary/aromatic N) is 3. The minimum Gasteiger partial charge on any atom is -0.465 e. The molecule has 1 aliphatic rings. The first kappa shape index (κ1) is 15.4. The number of nitrogens with one attached hydrogen (secondary N) is 1. The zero-order valence-electron chi connectivity index (χ0n) is 13.6. The number of aromatic nitrogens is 3. The number of fused-ring (bicyclic) bond motifs is 1. The van der Waals surface area contributed by atoms with Gasteiger partial charge in [-0.25, -0.2) is 0 Å². The third-order valence-corrected chi connectivity index (χ3v) is 4.27. The first-order chi connectivity index (χ1) is 12.3. The van der Waals surface area contributed by atoms with E-state index in [9.17, 15) is 4.79 Å². The fourth-order valence-electron chi connectivity index (χ4n) is 3.04. The summed E-state index contributed by atoms with van der Waals surface area (Å²) in [7, 11) is 0. The highest BCUT2D eigenvalue weighted by molar-refractivity contribution is 5.91. The summed E-state index contributed by atoms with van der Waals surface area (Å²) in [6.45, 7) is 0.674. The quantitative estimate of drug-likeness (QED) is 0.745. The molecule has 2 aromatic heterocycles. The maximum Gasteiger partial charge on any atom is 0.244 e. The van der Waals surface area contributed by atoms with Crippen LogP contribution in [0.25, 0.3) is 17.5 Å². The van der Waals surface area contributed by atoms with Crippen molar-refractivity contribution in [1.82, 2.24) is 20.1 Å². The minimum absolute atomic E-state index is 0.0553. The van der Waals surface area contributed by atoms with Crippen LogP contribution in [0, 0.1) is 0 Å². The smallest absolute Gasteiger partial charge is 0.244 e. The van der Waals surface area contributed by atoms with Crippen molar-refractivity contribution in [3.05, 3.63) is 66.4 Å².